The normalized spacial score (nSPS) is 11.4. The lowest BCUT2D eigenvalue weighted by molar-refractivity contribution is 0.130. The van der Waals surface area contributed by atoms with Gasteiger partial charge in [-0.05, 0) is 12.8 Å². The molecule has 114 valence electrons. The van der Waals surface area contributed by atoms with Crippen molar-refractivity contribution in [2.75, 3.05) is 0 Å². The highest BCUT2D eigenvalue weighted by molar-refractivity contribution is 5.57. The van der Waals surface area contributed by atoms with Gasteiger partial charge in [-0.1, -0.05) is 64.0 Å². The molecule has 0 bridgehead atoms. The summed E-state index contributed by atoms with van der Waals surface area (Å²) in [5.41, 5.74) is 0.435. The summed E-state index contributed by atoms with van der Waals surface area (Å²) in [6.45, 7) is 2.23. The van der Waals surface area contributed by atoms with E-state index < -0.39 is 0 Å². The monoisotopic (exact) mass is 281 g/mol. The van der Waals surface area contributed by atoms with Crippen LogP contribution in [-0.2, 0) is 0 Å². The van der Waals surface area contributed by atoms with Gasteiger partial charge in [0.25, 0.3) is 0 Å². The van der Waals surface area contributed by atoms with Crippen LogP contribution in [0.25, 0.3) is 6.08 Å². The second-order valence-corrected chi connectivity index (χ2v) is 5.26. The maximum atomic E-state index is 9.46. The summed E-state index contributed by atoms with van der Waals surface area (Å²) in [7, 11) is 0. The highest BCUT2D eigenvalue weighted by Crippen LogP contribution is 2.26. The lowest BCUT2D eigenvalue weighted by Crippen LogP contribution is -1.86. The number of allylic oxidation sites excluding steroid dienone is 1. The molecule has 0 unspecified atom stereocenters. The first kappa shape index (κ1) is 16.5. The van der Waals surface area contributed by atoms with E-state index in [9.17, 15) is 15.4 Å². The lowest BCUT2D eigenvalue weighted by Gasteiger charge is -1.99. The van der Waals surface area contributed by atoms with Gasteiger partial charge in [-0.3, -0.25) is 0 Å². The maximum absolute atomic E-state index is 9.46. The molecule has 20 heavy (non-hydrogen) atoms. The summed E-state index contributed by atoms with van der Waals surface area (Å²) in [4.78, 5) is 0. The molecule has 0 aliphatic heterocycles. The van der Waals surface area contributed by atoms with E-state index in [0.29, 0.717) is 10.3 Å². The van der Waals surface area contributed by atoms with Crippen LogP contribution in [0.5, 0.6) is 11.8 Å². The Hall–Kier alpha value is -1.58. The third kappa shape index (κ3) is 5.59. The highest BCUT2D eigenvalue weighted by Gasteiger charge is 2.09. The third-order valence-electron chi connectivity index (χ3n) is 3.48. The van der Waals surface area contributed by atoms with Gasteiger partial charge in [0, 0.05) is 11.6 Å². The molecule has 0 amide bonds. The van der Waals surface area contributed by atoms with Gasteiger partial charge in [0.05, 0.1) is 0 Å². The van der Waals surface area contributed by atoms with Crippen molar-refractivity contribution in [1.29, 1.82) is 0 Å². The zero-order valence-corrected chi connectivity index (χ0v) is 12.4. The molecule has 0 atom stereocenters. The quantitative estimate of drug-likeness (QED) is 0.431. The van der Waals surface area contributed by atoms with E-state index in [-0.39, 0.29) is 11.8 Å². The van der Waals surface area contributed by atoms with Crippen LogP contribution in [0, 0.1) is 0 Å². The number of hydrogen-bond donors (Lipinski definition) is 3. The molecule has 1 rings (SSSR count). The summed E-state index contributed by atoms with van der Waals surface area (Å²) >= 11 is 0. The van der Waals surface area contributed by atoms with E-state index in [1.54, 1.807) is 6.08 Å². The number of unbranched alkanes of at least 4 members (excludes halogenated alkanes) is 8. The average Bonchev–Trinajstić information content (AvgIpc) is 2.68. The molecular weight excluding hydrogens is 254 g/mol. The predicted molar refractivity (Wildman–Crippen MR) is 81.2 cm³/mol. The van der Waals surface area contributed by atoms with Crippen molar-refractivity contribution in [1.82, 2.24) is 4.73 Å². The molecule has 1 heterocycles. The fourth-order valence-electron chi connectivity index (χ4n) is 2.22. The summed E-state index contributed by atoms with van der Waals surface area (Å²) in [5, 5.41) is 27.8. The number of hydrogen-bond acceptors (Lipinski definition) is 3. The summed E-state index contributed by atoms with van der Waals surface area (Å²) in [5.74, 6) is -0.677. The van der Waals surface area contributed by atoms with Crippen molar-refractivity contribution >= 4 is 6.08 Å². The molecule has 4 nitrogen and oxygen atoms in total. The predicted octanol–water partition coefficient (Wildman–Crippen LogP) is 4.68. The minimum Gasteiger partial charge on any atom is -0.492 e. The molecule has 0 saturated heterocycles. The fourth-order valence-corrected chi connectivity index (χ4v) is 2.22. The van der Waals surface area contributed by atoms with Crippen molar-refractivity contribution in [3.05, 3.63) is 17.7 Å². The molecule has 3 N–H and O–H groups in total. The Balaban J connectivity index is 2.09. The lowest BCUT2D eigenvalue weighted by atomic mass is 10.1. The molecule has 1 aromatic heterocycles. The molecule has 0 fully saturated rings. The van der Waals surface area contributed by atoms with Crippen molar-refractivity contribution < 1.29 is 15.4 Å². The first-order valence-corrected chi connectivity index (χ1v) is 7.66. The van der Waals surface area contributed by atoms with Crippen molar-refractivity contribution in [3.8, 4) is 11.8 Å². The van der Waals surface area contributed by atoms with Crippen LogP contribution in [0.1, 0.15) is 70.3 Å². The van der Waals surface area contributed by atoms with Crippen molar-refractivity contribution in [2.45, 2.75) is 64.7 Å². The summed E-state index contributed by atoms with van der Waals surface area (Å²) in [6, 6.07) is 1.33. The van der Waals surface area contributed by atoms with Crippen molar-refractivity contribution in [2.24, 2.45) is 0 Å². The van der Waals surface area contributed by atoms with Gasteiger partial charge in [0.2, 0.25) is 11.8 Å². The number of nitrogens with zero attached hydrogens (tertiary/aromatic N) is 1. The van der Waals surface area contributed by atoms with Crippen LogP contribution in [0.3, 0.4) is 0 Å². The molecule has 0 aliphatic rings. The Morgan fingerprint density at radius 3 is 2.15 bits per heavy atom. The molecule has 0 aromatic carbocycles. The zero-order valence-electron chi connectivity index (χ0n) is 12.4. The largest absolute Gasteiger partial charge is 0.492 e. The van der Waals surface area contributed by atoms with Crippen LogP contribution in [0.4, 0.5) is 0 Å². The van der Waals surface area contributed by atoms with Gasteiger partial charge in [0.1, 0.15) is 0 Å². The molecule has 0 saturated carbocycles. The molecule has 0 radical (unpaired) electrons. The topological polar surface area (TPSA) is 65.6 Å². The molecule has 0 spiro atoms. The second-order valence-electron chi connectivity index (χ2n) is 5.26. The summed E-state index contributed by atoms with van der Waals surface area (Å²) < 4.78 is 0.371. The van der Waals surface area contributed by atoms with Gasteiger partial charge in [-0.25, -0.2) is 0 Å². The Labute approximate surface area is 121 Å². The molecular formula is C16H27NO3. The SMILES string of the molecule is CCCCCCCCCCC=Cc1cc(O)n(O)c1O. The van der Waals surface area contributed by atoms with Crippen LogP contribution in [0.15, 0.2) is 12.1 Å². The van der Waals surface area contributed by atoms with Gasteiger partial charge < -0.3 is 15.4 Å². The first-order chi connectivity index (χ1) is 9.66. The zero-order chi connectivity index (χ0) is 14.8. The van der Waals surface area contributed by atoms with E-state index >= 15 is 0 Å². The summed E-state index contributed by atoms with van der Waals surface area (Å²) in [6.07, 6.45) is 15.0. The van der Waals surface area contributed by atoms with Crippen LogP contribution >= 0.6 is 0 Å². The van der Waals surface area contributed by atoms with Crippen LogP contribution < -0.4 is 0 Å². The minimum atomic E-state index is -0.353. The number of aromatic hydroxyl groups is 2. The first-order valence-electron chi connectivity index (χ1n) is 7.66. The van der Waals surface area contributed by atoms with E-state index in [4.69, 9.17) is 0 Å². The van der Waals surface area contributed by atoms with E-state index in [2.05, 4.69) is 6.92 Å². The Kier molecular flexibility index (Phi) is 7.70. The van der Waals surface area contributed by atoms with E-state index in [0.717, 1.165) is 12.8 Å². The van der Waals surface area contributed by atoms with E-state index in [1.807, 2.05) is 6.08 Å². The molecule has 1 aromatic rings. The molecule has 0 aliphatic carbocycles. The van der Waals surface area contributed by atoms with Gasteiger partial charge >= 0.3 is 0 Å². The van der Waals surface area contributed by atoms with Crippen LogP contribution in [-0.4, -0.2) is 20.2 Å². The second kappa shape index (κ2) is 9.34. The van der Waals surface area contributed by atoms with Gasteiger partial charge in [-0.15, -0.1) is 4.73 Å². The smallest absolute Gasteiger partial charge is 0.236 e. The Morgan fingerprint density at radius 2 is 1.60 bits per heavy atom. The standard InChI is InChI=1S/C16H27NO3/c1-2-3-4-5-6-7-8-9-10-11-12-14-13-15(18)17(20)16(14)19/h11-13,18-20H,2-10H2,1H3. The third-order valence-corrected chi connectivity index (χ3v) is 3.48. The highest BCUT2D eigenvalue weighted by atomic mass is 16.5. The Morgan fingerprint density at radius 1 is 1.00 bits per heavy atom. The van der Waals surface area contributed by atoms with Crippen LogP contribution in [0.2, 0.25) is 0 Å². The minimum absolute atomic E-state index is 0.324. The number of rotatable bonds is 10. The van der Waals surface area contributed by atoms with Gasteiger partial charge in [-0.2, -0.15) is 0 Å². The van der Waals surface area contributed by atoms with Crippen molar-refractivity contribution in [3.63, 3.8) is 0 Å². The Bertz CT molecular complexity index is 410. The van der Waals surface area contributed by atoms with Gasteiger partial charge in [0.15, 0.2) is 0 Å². The maximum Gasteiger partial charge on any atom is 0.236 e. The fraction of sp³-hybridized carbons (Fsp3) is 0.625. The van der Waals surface area contributed by atoms with E-state index in [1.165, 1.54) is 51.0 Å². The number of aromatic nitrogens is 1. The molecule has 4 heteroatoms. The average molecular weight is 281 g/mol.